The van der Waals surface area contributed by atoms with E-state index < -0.39 is 7.26 Å². The molecule has 0 aliphatic carbocycles. The summed E-state index contributed by atoms with van der Waals surface area (Å²) in [6.45, 7) is 8.55. The lowest BCUT2D eigenvalue weighted by Gasteiger charge is -2.35. The number of hydrogen-bond donors (Lipinski definition) is 1. The predicted molar refractivity (Wildman–Crippen MR) is 135 cm³/mol. The van der Waals surface area contributed by atoms with Crippen molar-refractivity contribution in [3.63, 3.8) is 0 Å². The average Bonchev–Trinajstić information content (AvgIpc) is 2.76. The first kappa shape index (κ1) is 24.5. The highest BCUT2D eigenvalue weighted by molar-refractivity contribution is 7.78. The van der Waals surface area contributed by atoms with Crippen LogP contribution in [0.5, 0.6) is 0 Å². The first-order chi connectivity index (χ1) is 15.3. The first-order valence-corrected chi connectivity index (χ1v) is 14.2. The van der Waals surface area contributed by atoms with Crippen molar-refractivity contribution in [2.45, 2.75) is 65.6 Å². The molecule has 1 heterocycles. The number of amides is 1. The van der Waals surface area contributed by atoms with Crippen LogP contribution in [0.4, 0.5) is 5.69 Å². The third-order valence-corrected chi connectivity index (χ3v) is 11.9. The summed E-state index contributed by atoms with van der Waals surface area (Å²) in [5, 5.41) is 3.25. The van der Waals surface area contributed by atoms with Gasteiger partial charge < -0.3 is 10.1 Å². The van der Waals surface area contributed by atoms with Crippen molar-refractivity contribution < 1.29 is 14.3 Å². The van der Waals surface area contributed by atoms with Crippen LogP contribution in [0.2, 0.25) is 0 Å². The second-order valence-corrected chi connectivity index (χ2v) is 13.5. The fraction of sp³-hybridized carbons (Fsp3) is 0.481. The topological polar surface area (TPSA) is 55.4 Å². The van der Waals surface area contributed by atoms with E-state index in [0.717, 1.165) is 54.0 Å². The summed E-state index contributed by atoms with van der Waals surface area (Å²) in [6.07, 6.45) is 6.58. The van der Waals surface area contributed by atoms with Crippen LogP contribution in [-0.4, -0.2) is 36.0 Å². The van der Waals surface area contributed by atoms with E-state index in [9.17, 15) is 9.59 Å². The highest BCUT2D eigenvalue weighted by Crippen LogP contribution is 2.67. The van der Waals surface area contributed by atoms with E-state index in [0.29, 0.717) is 12.8 Å². The number of aryl methyl sites for hydroxylation is 3. The molecule has 1 N–H and O–H groups in total. The highest BCUT2D eigenvalue weighted by atomic mass is 31.2. The maximum Gasteiger partial charge on any atom is 0.344 e. The van der Waals surface area contributed by atoms with Crippen molar-refractivity contribution in [3.05, 3.63) is 64.7 Å². The molecular formula is C27H37NO3P+. The monoisotopic (exact) mass is 454 g/mol. The average molecular weight is 455 g/mol. The van der Waals surface area contributed by atoms with Gasteiger partial charge in [0.05, 0.1) is 12.3 Å². The number of carbonyl (C=O) groups excluding carboxylic acids is 2. The van der Waals surface area contributed by atoms with Crippen molar-refractivity contribution >= 4 is 24.8 Å². The summed E-state index contributed by atoms with van der Waals surface area (Å²) in [4.78, 5) is 26.5. The number of nitrogens with one attached hydrogen (secondary N) is 1. The van der Waals surface area contributed by atoms with Gasteiger partial charge >= 0.3 is 5.97 Å². The van der Waals surface area contributed by atoms with Crippen LogP contribution in [-0.2, 0) is 20.9 Å². The van der Waals surface area contributed by atoms with E-state index in [1.54, 1.807) is 0 Å². The minimum absolute atomic E-state index is 0.0774. The van der Waals surface area contributed by atoms with E-state index in [1.165, 1.54) is 12.0 Å². The van der Waals surface area contributed by atoms with Gasteiger partial charge in [-0.05, 0) is 63.1 Å². The minimum Gasteiger partial charge on any atom is -0.458 e. The van der Waals surface area contributed by atoms with Crippen LogP contribution in [0.3, 0.4) is 0 Å². The SMILES string of the molecule is CCC(C(=O)Nc1c(C)cc(C)cc1C)[P+]1(CC(=O)OCc2ccccc2)CCCCC1. The molecule has 0 bridgehead atoms. The predicted octanol–water partition coefficient (Wildman–Crippen LogP) is 6.27. The van der Waals surface area contributed by atoms with Crippen molar-refractivity contribution in [1.29, 1.82) is 0 Å². The number of ether oxygens (including phenoxy) is 1. The molecule has 0 saturated carbocycles. The standard InChI is InChI=1S/C27H36NO3P/c1-5-24(27(30)28-26-21(3)16-20(2)17-22(26)4)32(14-10-7-11-15-32)19-25(29)31-18-23-12-8-6-9-13-23/h6,8-9,12-13,16-17,24H,5,7,10-11,14-15,18-19H2,1-4H3/p+1. The summed E-state index contributed by atoms with van der Waals surface area (Å²) in [7, 11) is -1.80. The molecule has 0 spiro atoms. The molecule has 172 valence electrons. The zero-order chi connectivity index (χ0) is 23.1. The Balaban J connectivity index is 1.76. The van der Waals surface area contributed by atoms with Crippen molar-refractivity contribution in [3.8, 4) is 0 Å². The molecule has 4 nitrogen and oxygen atoms in total. The molecule has 1 amide bonds. The molecule has 3 rings (SSSR count). The number of carbonyl (C=O) groups is 2. The Kier molecular flexibility index (Phi) is 8.48. The lowest BCUT2D eigenvalue weighted by Crippen LogP contribution is -2.37. The zero-order valence-electron chi connectivity index (χ0n) is 19.9. The molecule has 32 heavy (non-hydrogen) atoms. The Hall–Kier alpha value is -2.19. The second-order valence-electron chi connectivity index (χ2n) is 9.22. The van der Waals surface area contributed by atoms with Gasteiger partial charge in [0.1, 0.15) is 12.3 Å². The van der Waals surface area contributed by atoms with Crippen molar-refractivity contribution in [2.75, 3.05) is 23.8 Å². The number of esters is 1. The molecule has 1 unspecified atom stereocenters. The smallest absolute Gasteiger partial charge is 0.344 e. The van der Waals surface area contributed by atoms with Crippen molar-refractivity contribution in [2.24, 2.45) is 0 Å². The number of rotatable bonds is 8. The normalized spacial score (nSPS) is 16.2. The van der Waals surface area contributed by atoms with Crippen LogP contribution in [0.15, 0.2) is 42.5 Å². The molecular weight excluding hydrogens is 417 g/mol. The summed E-state index contributed by atoms with van der Waals surface area (Å²) in [5.74, 6) is -0.0771. The molecule has 1 saturated heterocycles. The summed E-state index contributed by atoms with van der Waals surface area (Å²) < 4.78 is 5.66. The van der Waals surface area contributed by atoms with E-state index in [4.69, 9.17) is 4.74 Å². The van der Waals surface area contributed by atoms with Gasteiger partial charge in [0.25, 0.3) is 5.91 Å². The third kappa shape index (κ3) is 5.98. The summed E-state index contributed by atoms with van der Waals surface area (Å²) >= 11 is 0. The Morgan fingerprint density at radius 2 is 1.62 bits per heavy atom. The van der Waals surface area contributed by atoms with Crippen molar-refractivity contribution in [1.82, 2.24) is 0 Å². The lowest BCUT2D eigenvalue weighted by atomic mass is 10.0. The molecule has 1 fully saturated rings. The molecule has 2 aromatic carbocycles. The molecule has 1 atom stereocenters. The number of hydrogen-bond acceptors (Lipinski definition) is 3. The minimum atomic E-state index is -1.80. The second kappa shape index (κ2) is 11.1. The largest absolute Gasteiger partial charge is 0.458 e. The van der Waals surface area contributed by atoms with Gasteiger partial charge in [-0.2, -0.15) is 0 Å². The van der Waals surface area contributed by atoms with Crippen LogP contribution in [0.1, 0.15) is 54.9 Å². The van der Waals surface area contributed by atoms with E-state index >= 15 is 0 Å². The Morgan fingerprint density at radius 3 is 2.22 bits per heavy atom. The zero-order valence-corrected chi connectivity index (χ0v) is 20.8. The first-order valence-electron chi connectivity index (χ1n) is 11.8. The maximum atomic E-state index is 13.6. The molecule has 0 aromatic heterocycles. The van der Waals surface area contributed by atoms with Gasteiger partial charge in [-0.1, -0.05) is 55.0 Å². The Labute approximate surface area is 193 Å². The Bertz CT molecular complexity index is 912. The van der Waals surface area contributed by atoms with Gasteiger partial charge in [0, 0.05) is 12.9 Å². The van der Waals surface area contributed by atoms with Crippen LogP contribution < -0.4 is 5.32 Å². The maximum absolute atomic E-state index is 13.6. The molecule has 1 aliphatic rings. The molecule has 0 radical (unpaired) electrons. The fourth-order valence-electron chi connectivity index (χ4n) is 5.17. The van der Waals surface area contributed by atoms with E-state index in [2.05, 4.69) is 31.3 Å². The van der Waals surface area contributed by atoms with Gasteiger partial charge in [0.2, 0.25) is 0 Å². The highest BCUT2D eigenvalue weighted by Gasteiger charge is 2.51. The van der Waals surface area contributed by atoms with Gasteiger partial charge in [0.15, 0.2) is 6.16 Å². The molecule has 5 heteroatoms. The van der Waals surface area contributed by atoms with Crippen LogP contribution in [0, 0.1) is 20.8 Å². The van der Waals surface area contributed by atoms with Gasteiger partial charge in [-0.25, -0.2) is 4.79 Å². The lowest BCUT2D eigenvalue weighted by molar-refractivity contribution is -0.141. The Morgan fingerprint density at radius 1 is 1.00 bits per heavy atom. The molecule has 2 aromatic rings. The quantitative estimate of drug-likeness (QED) is 0.378. The van der Waals surface area contributed by atoms with Gasteiger partial charge in [-0.15, -0.1) is 0 Å². The van der Waals surface area contributed by atoms with Crippen LogP contribution >= 0.6 is 7.26 Å². The summed E-state index contributed by atoms with van der Waals surface area (Å²) in [5.41, 5.74) is 5.18. The number of benzene rings is 2. The third-order valence-electron chi connectivity index (χ3n) is 6.67. The van der Waals surface area contributed by atoms with Gasteiger partial charge in [-0.3, -0.25) is 4.79 Å². The fourth-order valence-corrected chi connectivity index (χ4v) is 10.2. The van der Waals surface area contributed by atoms with Crippen LogP contribution in [0.25, 0.3) is 0 Å². The van der Waals surface area contributed by atoms with E-state index in [1.807, 2.05) is 44.2 Å². The summed E-state index contributed by atoms with van der Waals surface area (Å²) in [6, 6.07) is 14.0. The van der Waals surface area contributed by atoms with E-state index in [-0.39, 0.29) is 17.5 Å². The number of anilines is 1. The molecule has 1 aliphatic heterocycles.